The molecule has 1 aliphatic carbocycles. The van der Waals surface area contributed by atoms with Gasteiger partial charge in [0.1, 0.15) is 0 Å². The molecule has 0 atom stereocenters. The lowest BCUT2D eigenvalue weighted by atomic mass is 10.1. The number of hydrogen-bond acceptors (Lipinski definition) is 4. The molecule has 1 saturated heterocycles. The van der Waals surface area contributed by atoms with Gasteiger partial charge in [0.2, 0.25) is 5.91 Å². The Morgan fingerprint density at radius 1 is 0.967 bits per heavy atom. The van der Waals surface area contributed by atoms with Crippen LogP contribution in [-0.2, 0) is 11.3 Å². The van der Waals surface area contributed by atoms with Gasteiger partial charge in [0.15, 0.2) is 0 Å². The topological polar surface area (TPSA) is 64.7 Å². The molecule has 6 nitrogen and oxygen atoms in total. The van der Waals surface area contributed by atoms with E-state index in [4.69, 9.17) is 11.6 Å². The fraction of sp³-hybridized carbons (Fsp3) is 0.391. The molecule has 2 aromatic carbocycles. The third-order valence-electron chi connectivity index (χ3n) is 5.49. The average molecular weight is 427 g/mol. The number of nitrogens with one attached hydrogen (secondary N) is 2. The zero-order chi connectivity index (χ0) is 20.9. The number of piperazine rings is 1. The van der Waals surface area contributed by atoms with E-state index in [1.54, 1.807) is 12.1 Å². The van der Waals surface area contributed by atoms with Crippen molar-refractivity contribution in [2.45, 2.75) is 25.4 Å². The van der Waals surface area contributed by atoms with E-state index in [1.807, 2.05) is 30.3 Å². The second-order valence-corrected chi connectivity index (χ2v) is 8.46. The van der Waals surface area contributed by atoms with Gasteiger partial charge in [0, 0.05) is 43.8 Å². The number of amides is 2. The van der Waals surface area contributed by atoms with Crippen molar-refractivity contribution in [1.82, 2.24) is 15.1 Å². The van der Waals surface area contributed by atoms with Crippen molar-refractivity contribution in [3.8, 4) is 0 Å². The Morgan fingerprint density at radius 2 is 1.70 bits per heavy atom. The summed E-state index contributed by atoms with van der Waals surface area (Å²) in [5.41, 5.74) is 2.29. The van der Waals surface area contributed by atoms with Crippen LogP contribution in [0.25, 0.3) is 0 Å². The Hall–Kier alpha value is -2.41. The van der Waals surface area contributed by atoms with Gasteiger partial charge in [-0.25, -0.2) is 0 Å². The predicted octanol–water partition coefficient (Wildman–Crippen LogP) is 2.99. The lowest BCUT2D eigenvalue weighted by molar-refractivity contribution is -0.117. The van der Waals surface area contributed by atoms with Gasteiger partial charge in [0.05, 0.1) is 17.8 Å². The van der Waals surface area contributed by atoms with Crippen LogP contribution in [0.5, 0.6) is 0 Å². The minimum Gasteiger partial charge on any atom is -0.349 e. The second kappa shape index (κ2) is 9.60. The van der Waals surface area contributed by atoms with E-state index in [9.17, 15) is 9.59 Å². The monoisotopic (exact) mass is 426 g/mol. The molecule has 2 fully saturated rings. The molecule has 1 aliphatic heterocycles. The molecule has 0 spiro atoms. The van der Waals surface area contributed by atoms with E-state index < -0.39 is 0 Å². The smallest absolute Gasteiger partial charge is 0.253 e. The number of rotatable bonds is 7. The molecular formula is C23H27ClN4O2. The number of halogens is 1. The van der Waals surface area contributed by atoms with Crippen molar-refractivity contribution in [1.29, 1.82) is 0 Å². The van der Waals surface area contributed by atoms with Crippen LogP contribution in [0.15, 0.2) is 48.5 Å². The van der Waals surface area contributed by atoms with E-state index in [1.165, 1.54) is 5.56 Å². The van der Waals surface area contributed by atoms with Crippen LogP contribution < -0.4 is 10.6 Å². The first kappa shape index (κ1) is 20.8. The largest absolute Gasteiger partial charge is 0.349 e. The number of nitrogens with zero attached hydrogens (tertiary/aromatic N) is 2. The standard InChI is InChI=1S/C23H27ClN4O2/c24-18-5-3-4-17(14-18)15-27-10-12-28(13-11-27)16-22(29)26-21-7-2-1-6-20(21)23(30)25-19-8-9-19/h1-7,14,19H,8-13,15-16H2,(H,25,30)(H,26,29). The molecule has 0 unspecified atom stereocenters. The van der Waals surface area contributed by atoms with Gasteiger partial charge in [-0.1, -0.05) is 35.9 Å². The van der Waals surface area contributed by atoms with Crippen molar-refractivity contribution in [3.05, 3.63) is 64.7 Å². The summed E-state index contributed by atoms with van der Waals surface area (Å²) in [5.74, 6) is -0.215. The summed E-state index contributed by atoms with van der Waals surface area (Å²) < 4.78 is 0. The van der Waals surface area contributed by atoms with E-state index in [-0.39, 0.29) is 17.9 Å². The third-order valence-corrected chi connectivity index (χ3v) is 5.72. The Morgan fingerprint density at radius 3 is 2.43 bits per heavy atom. The van der Waals surface area contributed by atoms with Crippen LogP contribution in [0.3, 0.4) is 0 Å². The number of hydrogen-bond donors (Lipinski definition) is 2. The first-order valence-electron chi connectivity index (χ1n) is 10.5. The van der Waals surface area contributed by atoms with Crippen LogP contribution >= 0.6 is 11.6 Å². The number of anilines is 1. The molecule has 1 saturated carbocycles. The van der Waals surface area contributed by atoms with Gasteiger partial charge in [-0.15, -0.1) is 0 Å². The van der Waals surface area contributed by atoms with Gasteiger partial charge in [-0.2, -0.15) is 0 Å². The molecule has 7 heteroatoms. The summed E-state index contributed by atoms with van der Waals surface area (Å²) in [6.07, 6.45) is 2.06. The maximum Gasteiger partial charge on any atom is 0.253 e. The molecule has 30 heavy (non-hydrogen) atoms. The van der Waals surface area contributed by atoms with Gasteiger partial charge in [-0.3, -0.25) is 19.4 Å². The van der Waals surface area contributed by atoms with E-state index in [0.29, 0.717) is 17.8 Å². The van der Waals surface area contributed by atoms with Crippen LogP contribution in [0, 0.1) is 0 Å². The van der Waals surface area contributed by atoms with Crippen LogP contribution in [0.4, 0.5) is 5.69 Å². The Balaban J connectivity index is 1.26. The Bertz CT molecular complexity index is 908. The summed E-state index contributed by atoms with van der Waals surface area (Å²) in [4.78, 5) is 29.5. The molecule has 0 aromatic heterocycles. The lowest BCUT2D eigenvalue weighted by Crippen LogP contribution is -2.48. The first-order valence-corrected chi connectivity index (χ1v) is 10.8. The summed E-state index contributed by atoms with van der Waals surface area (Å²) in [5, 5.41) is 6.66. The van der Waals surface area contributed by atoms with Crippen LogP contribution in [0.2, 0.25) is 5.02 Å². The Kier molecular flexibility index (Phi) is 6.67. The molecular weight excluding hydrogens is 400 g/mol. The number of carbonyl (C=O) groups excluding carboxylic acids is 2. The fourth-order valence-electron chi connectivity index (χ4n) is 3.67. The highest BCUT2D eigenvalue weighted by Gasteiger charge is 2.25. The van der Waals surface area contributed by atoms with Gasteiger partial charge in [-0.05, 0) is 42.7 Å². The van der Waals surface area contributed by atoms with E-state index in [0.717, 1.165) is 50.6 Å². The van der Waals surface area contributed by atoms with Gasteiger partial charge >= 0.3 is 0 Å². The predicted molar refractivity (Wildman–Crippen MR) is 119 cm³/mol. The van der Waals surface area contributed by atoms with Gasteiger partial charge < -0.3 is 10.6 Å². The summed E-state index contributed by atoms with van der Waals surface area (Å²) in [6.45, 7) is 4.66. The number of para-hydroxylation sites is 1. The minimum absolute atomic E-state index is 0.0926. The highest BCUT2D eigenvalue weighted by molar-refractivity contribution is 6.30. The van der Waals surface area contributed by atoms with Crippen molar-refractivity contribution in [2.24, 2.45) is 0 Å². The molecule has 0 bridgehead atoms. The Labute approximate surface area is 182 Å². The molecule has 158 valence electrons. The molecule has 2 N–H and O–H groups in total. The highest BCUT2D eigenvalue weighted by Crippen LogP contribution is 2.21. The molecule has 4 rings (SSSR count). The van der Waals surface area contributed by atoms with Gasteiger partial charge in [0.25, 0.3) is 5.91 Å². The molecule has 2 aliphatic rings. The second-order valence-electron chi connectivity index (χ2n) is 8.02. The maximum atomic E-state index is 12.6. The summed E-state index contributed by atoms with van der Waals surface area (Å²) >= 11 is 6.07. The molecule has 2 amide bonds. The zero-order valence-corrected chi connectivity index (χ0v) is 17.7. The molecule has 1 heterocycles. The minimum atomic E-state index is -0.122. The highest BCUT2D eigenvalue weighted by atomic mass is 35.5. The molecule has 0 radical (unpaired) electrons. The zero-order valence-electron chi connectivity index (χ0n) is 16.9. The van der Waals surface area contributed by atoms with Crippen molar-refractivity contribution < 1.29 is 9.59 Å². The van der Waals surface area contributed by atoms with E-state index >= 15 is 0 Å². The van der Waals surface area contributed by atoms with Crippen molar-refractivity contribution in [2.75, 3.05) is 38.0 Å². The number of carbonyl (C=O) groups is 2. The third kappa shape index (κ3) is 5.81. The van der Waals surface area contributed by atoms with Crippen molar-refractivity contribution >= 4 is 29.1 Å². The molecule has 2 aromatic rings. The summed E-state index contributed by atoms with van der Waals surface area (Å²) in [6, 6.07) is 15.4. The lowest BCUT2D eigenvalue weighted by Gasteiger charge is -2.34. The SMILES string of the molecule is O=C(CN1CCN(Cc2cccc(Cl)c2)CC1)Nc1ccccc1C(=O)NC1CC1. The number of benzene rings is 2. The van der Waals surface area contributed by atoms with E-state index in [2.05, 4.69) is 26.5 Å². The summed E-state index contributed by atoms with van der Waals surface area (Å²) in [7, 11) is 0. The first-order chi connectivity index (χ1) is 14.6. The fourth-order valence-corrected chi connectivity index (χ4v) is 3.89. The average Bonchev–Trinajstić information content (AvgIpc) is 3.54. The maximum absolute atomic E-state index is 12.6. The quantitative estimate of drug-likeness (QED) is 0.714. The normalized spacial score (nSPS) is 17.5. The van der Waals surface area contributed by atoms with Crippen LogP contribution in [-0.4, -0.2) is 60.4 Å². The van der Waals surface area contributed by atoms with Crippen LogP contribution in [0.1, 0.15) is 28.8 Å². The van der Waals surface area contributed by atoms with Crippen molar-refractivity contribution in [3.63, 3.8) is 0 Å².